The van der Waals surface area contributed by atoms with Crippen LogP contribution >= 0.6 is 11.6 Å². The van der Waals surface area contributed by atoms with Crippen molar-refractivity contribution in [1.82, 2.24) is 0 Å². The second-order valence-electron chi connectivity index (χ2n) is 6.18. The first-order valence-electron chi connectivity index (χ1n) is 9.03. The summed E-state index contributed by atoms with van der Waals surface area (Å²) < 4.78 is 0. The van der Waals surface area contributed by atoms with Crippen LogP contribution in [-0.2, 0) is 0 Å². The van der Waals surface area contributed by atoms with Gasteiger partial charge in [0.1, 0.15) is 0 Å². The fourth-order valence-corrected chi connectivity index (χ4v) is 2.43. The molecule has 0 aromatic heterocycles. The lowest BCUT2D eigenvalue weighted by Crippen LogP contribution is -1.80. The monoisotopic (exact) mass is 322 g/mol. The zero-order valence-electron chi connectivity index (χ0n) is 15.0. The largest absolute Gasteiger partial charge is 0.127 e. The Morgan fingerprint density at radius 1 is 0.864 bits per heavy atom. The predicted octanol–water partition coefficient (Wildman–Crippen LogP) is 7.43. The Hall–Kier alpha value is -0.670. The molecular weight excluding hydrogens is 288 g/mol. The Morgan fingerprint density at radius 3 is 2.32 bits per heavy atom. The molecular formula is C21H35Cl. The third-order valence-electron chi connectivity index (χ3n) is 3.78. The first-order chi connectivity index (χ1) is 10.7. The number of unbranched alkanes of at least 4 members (excludes halogenated alkanes) is 6. The molecule has 0 saturated heterocycles. The van der Waals surface area contributed by atoms with Gasteiger partial charge in [0.2, 0.25) is 0 Å². The van der Waals surface area contributed by atoms with E-state index in [1.54, 1.807) is 0 Å². The molecule has 0 saturated carbocycles. The predicted molar refractivity (Wildman–Crippen MR) is 102 cm³/mol. The highest BCUT2D eigenvalue weighted by molar-refractivity contribution is 6.17. The summed E-state index contributed by atoms with van der Waals surface area (Å²) in [7, 11) is 0. The van der Waals surface area contributed by atoms with Crippen LogP contribution in [0.15, 0.2) is 23.3 Å². The number of halogens is 1. The summed E-state index contributed by atoms with van der Waals surface area (Å²) in [6.45, 7) is 6.70. The lowest BCUT2D eigenvalue weighted by Gasteiger charge is -1.99. The van der Waals surface area contributed by atoms with Crippen molar-refractivity contribution in [3.8, 4) is 11.8 Å². The highest BCUT2D eigenvalue weighted by Gasteiger charge is 1.90. The Kier molecular flexibility index (Phi) is 16.2. The van der Waals surface area contributed by atoms with E-state index in [4.69, 9.17) is 11.6 Å². The second kappa shape index (κ2) is 16.7. The van der Waals surface area contributed by atoms with Gasteiger partial charge in [-0.05, 0) is 46.0 Å². The standard InChI is InChI=1S/C21H35Cl/c1-4-5-11-15-20(2)17-14-18-21(3)16-12-9-7-6-8-10-13-19-22/h17-18H,4-8,10-11,13-16,19H2,1-3H3. The molecule has 22 heavy (non-hydrogen) atoms. The van der Waals surface area contributed by atoms with Crippen molar-refractivity contribution >= 4 is 11.6 Å². The summed E-state index contributed by atoms with van der Waals surface area (Å²) in [5, 5.41) is 0. The number of hydrogen-bond acceptors (Lipinski definition) is 0. The van der Waals surface area contributed by atoms with E-state index >= 15 is 0 Å². The van der Waals surface area contributed by atoms with E-state index in [2.05, 4.69) is 44.8 Å². The molecule has 0 amide bonds. The van der Waals surface area contributed by atoms with E-state index < -0.39 is 0 Å². The average molecular weight is 323 g/mol. The lowest BCUT2D eigenvalue weighted by atomic mass is 10.1. The van der Waals surface area contributed by atoms with Gasteiger partial charge < -0.3 is 0 Å². The minimum absolute atomic E-state index is 0.794. The topological polar surface area (TPSA) is 0 Å². The first-order valence-corrected chi connectivity index (χ1v) is 9.57. The summed E-state index contributed by atoms with van der Waals surface area (Å²) >= 11 is 5.65. The number of hydrogen-bond donors (Lipinski definition) is 0. The molecule has 0 aliphatic rings. The van der Waals surface area contributed by atoms with Crippen LogP contribution < -0.4 is 0 Å². The minimum atomic E-state index is 0.794. The molecule has 0 bridgehead atoms. The molecule has 0 spiro atoms. The highest BCUT2D eigenvalue weighted by Crippen LogP contribution is 2.10. The smallest absolute Gasteiger partial charge is 0.0296 e. The third kappa shape index (κ3) is 15.7. The molecule has 0 radical (unpaired) electrons. The lowest BCUT2D eigenvalue weighted by molar-refractivity contribution is 0.682. The third-order valence-corrected chi connectivity index (χ3v) is 4.05. The van der Waals surface area contributed by atoms with E-state index in [9.17, 15) is 0 Å². The Bertz CT molecular complexity index is 365. The number of allylic oxidation sites excluding steroid dienone is 4. The number of rotatable bonds is 12. The van der Waals surface area contributed by atoms with Crippen LogP contribution in [0.4, 0.5) is 0 Å². The summed E-state index contributed by atoms with van der Waals surface area (Å²) in [5.74, 6) is 7.37. The van der Waals surface area contributed by atoms with Crippen LogP contribution in [0.1, 0.15) is 91.4 Å². The molecule has 0 aliphatic heterocycles. The molecule has 0 atom stereocenters. The molecule has 126 valence electrons. The van der Waals surface area contributed by atoms with Crippen LogP contribution in [0.5, 0.6) is 0 Å². The SMILES string of the molecule is CCCCCC(C)=CCC=C(C)CC#CCCCCCCCl. The highest BCUT2D eigenvalue weighted by atomic mass is 35.5. The van der Waals surface area contributed by atoms with Crippen molar-refractivity contribution in [1.29, 1.82) is 0 Å². The summed E-state index contributed by atoms with van der Waals surface area (Å²) in [6.07, 6.45) is 17.8. The Labute approximate surface area is 144 Å². The number of alkyl halides is 1. The van der Waals surface area contributed by atoms with Gasteiger partial charge in [-0.3, -0.25) is 0 Å². The van der Waals surface area contributed by atoms with Crippen molar-refractivity contribution in [3.63, 3.8) is 0 Å². The zero-order chi connectivity index (χ0) is 16.5. The summed E-state index contributed by atoms with van der Waals surface area (Å²) in [5.41, 5.74) is 2.92. The molecule has 0 nitrogen and oxygen atoms in total. The maximum absolute atomic E-state index is 5.65. The summed E-state index contributed by atoms with van der Waals surface area (Å²) in [6, 6.07) is 0. The molecule has 0 rings (SSSR count). The first kappa shape index (κ1) is 21.3. The van der Waals surface area contributed by atoms with Gasteiger partial charge in [0, 0.05) is 18.7 Å². The maximum atomic E-state index is 5.65. The molecule has 0 aliphatic carbocycles. The van der Waals surface area contributed by atoms with Crippen molar-refractivity contribution in [2.45, 2.75) is 91.4 Å². The maximum Gasteiger partial charge on any atom is 0.0296 e. The molecule has 0 heterocycles. The molecule has 0 unspecified atom stereocenters. The van der Waals surface area contributed by atoms with E-state index in [1.807, 2.05) is 0 Å². The van der Waals surface area contributed by atoms with Gasteiger partial charge in [-0.1, -0.05) is 61.8 Å². The zero-order valence-corrected chi connectivity index (χ0v) is 15.8. The van der Waals surface area contributed by atoms with E-state index in [1.165, 1.54) is 56.1 Å². The van der Waals surface area contributed by atoms with Crippen molar-refractivity contribution in [2.75, 3.05) is 5.88 Å². The van der Waals surface area contributed by atoms with Crippen LogP contribution in [0.2, 0.25) is 0 Å². The molecule has 0 N–H and O–H groups in total. The van der Waals surface area contributed by atoms with Gasteiger partial charge in [0.05, 0.1) is 0 Å². The van der Waals surface area contributed by atoms with E-state index in [0.29, 0.717) is 0 Å². The molecule has 0 aromatic rings. The normalized spacial score (nSPS) is 12.2. The Balaban J connectivity index is 3.74. The fourth-order valence-electron chi connectivity index (χ4n) is 2.24. The molecule has 0 fully saturated rings. The van der Waals surface area contributed by atoms with E-state index in [0.717, 1.165) is 31.6 Å². The quantitative estimate of drug-likeness (QED) is 0.152. The molecule has 0 aromatic carbocycles. The van der Waals surface area contributed by atoms with Gasteiger partial charge in [0.15, 0.2) is 0 Å². The van der Waals surface area contributed by atoms with Crippen molar-refractivity contribution in [3.05, 3.63) is 23.3 Å². The van der Waals surface area contributed by atoms with Gasteiger partial charge in [-0.15, -0.1) is 17.5 Å². The van der Waals surface area contributed by atoms with Gasteiger partial charge >= 0.3 is 0 Å². The molecule has 1 heteroatoms. The fraction of sp³-hybridized carbons (Fsp3) is 0.714. The van der Waals surface area contributed by atoms with Gasteiger partial charge in [-0.25, -0.2) is 0 Å². The second-order valence-corrected chi connectivity index (χ2v) is 6.56. The van der Waals surface area contributed by atoms with Gasteiger partial charge in [0.25, 0.3) is 0 Å². The van der Waals surface area contributed by atoms with E-state index in [-0.39, 0.29) is 0 Å². The minimum Gasteiger partial charge on any atom is -0.127 e. The van der Waals surface area contributed by atoms with Crippen molar-refractivity contribution < 1.29 is 0 Å². The van der Waals surface area contributed by atoms with Crippen LogP contribution in [0.3, 0.4) is 0 Å². The van der Waals surface area contributed by atoms with Gasteiger partial charge in [-0.2, -0.15) is 0 Å². The summed E-state index contributed by atoms with van der Waals surface area (Å²) in [4.78, 5) is 0. The van der Waals surface area contributed by atoms with Crippen molar-refractivity contribution in [2.24, 2.45) is 0 Å². The Morgan fingerprint density at radius 2 is 1.59 bits per heavy atom. The van der Waals surface area contributed by atoms with Crippen LogP contribution in [-0.4, -0.2) is 5.88 Å². The van der Waals surface area contributed by atoms with Crippen LogP contribution in [0, 0.1) is 11.8 Å². The van der Waals surface area contributed by atoms with Crippen LogP contribution in [0.25, 0.3) is 0 Å². The average Bonchev–Trinajstić information content (AvgIpc) is 2.50.